The summed E-state index contributed by atoms with van der Waals surface area (Å²) < 4.78 is 11.3. The molecule has 0 aromatic carbocycles. The molecule has 0 radical (unpaired) electrons. The maximum absolute atomic E-state index is 12.1. The van der Waals surface area contributed by atoms with Gasteiger partial charge in [-0.05, 0) is 24.6 Å². The van der Waals surface area contributed by atoms with E-state index < -0.39 is 8.32 Å². The molecule has 0 aliphatic carbocycles. The van der Waals surface area contributed by atoms with Crippen LogP contribution in [0.5, 0.6) is 0 Å². The van der Waals surface area contributed by atoms with Crippen LogP contribution in [0.2, 0.25) is 18.1 Å². The van der Waals surface area contributed by atoms with Crippen molar-refractivity contribution in [3.8, 4) is 0 Å². The Hall–Kier alpha value is -0.353. The topological polar surface area (TPSA) is 35.5 Å². The van der Waals surface area contributed by atoms with Crippen LogP contribution in [-0.2, 0) is 14.0 Å². The Morgan fingerprint density at radius 3 is 1.59 bits per heavy atom. The zero-order chi connectivity index (χ0) is 20.8. The fourth-order valence-corrected chi connectivity index (χ4v) is 4.34. The van der Waals surface area contributed by atoms with Gasteiger partial charge in [0, 0.05) is 0 Å². The Balaban J connectivity index is 3.91. The van der Waals surface area contributed by atoms with Gasteiger partial charge >= 0.3 is 5.97 Å². The number of ether oxygens (including phenoxy) is 1. The van der Waals surface area contributed by atoms with E-state index in [0.717, 1.165) is 12.8 Å². The maximum Gasteiger partial charge on any atom is 0.333 e. The predicted molar refractivity (Wildman–Crippen MR) is 120 cm³/mol. The van der Waals surface area contributed by atoms with E-state index in [-0.39, 0.29) is 17.1 Å². The Kier molecular flexibility index (Phi) is 14.4. The summed E-state index contributed by atoms with van der Waals surface area (Å²) in [6.45, 7) is 13.3. The SMILES string of the molecule is CCCCCCCCCCCCCCC(O[Si](C)(C)C(C)(C)C)C(=O)OC. The summed E-state index contributed by atoms with van der Waals surface area (Å²) in [7, 11) is -0.486. The normalized spacial score (nSPS) is 13.6. The highest BCUT2D eigenvalue weighted by molar-refractivity contribution is 6.74. The average molecular weight is 401 g/mol. The van der Waals surface area contributed by atoms with E-state index in [1.807, 2.05) is 0 Å². The predicted octanol–water partition coefficient (Wildman–Crippen LogP) is 7.64. The number of methoxy groups -OCH3 is 1. The van der Waals surface area contributed by atoms with E-state index >= 15 is 0 Å². The van der Waals surface area contributed by atoms with Gasteiger partial charge in [0.2, 0.25) is 0 Å². The molecule has 1 unspecified atom stereocenters. The maximum atomic E-state index is 12.1. The van der Waals surface area contributed by atoms with Crippen LogP contribution >= 0.6 is 0 Å². The molecule has 0 N–H and O–H groups in total. The van der Waals surface area contributed by atoms with Gasteiger partial charge in [-0.2, -0.15) is 0 Å². The second kappa shape index (κ2) is 14.6. The van der Waals surface area contributed by atoms with Crippen LogP contribution in [0, 0.1) is 0 Å². The summed E-state index contributed by atoms with van der Waals surface area (Å²) >= 11 is 0. The highest BCUT2D eigenvalue weighted by Gasteiger charge is 2.40. The first-order valence-corrected chi connectivity index (χ1v) is 14.3. The second-order valence-electron chi connectivity index (χ2n) is 9.57. The van der Waals surface area contributed by atoms with Crippen molar-refractivity contribution in [3.05, 3.63) is 0 Å². The quantitative estimate of drug-likeness (QED) is 0.152. The first-order chi connectivity index (χ1) is 12.7. The van der Waals surface area contributed by atoms with E-state index in [1.165, 1.54) is 77.7 Å². The standard InChI is InChI=1S/C23H48O3Si/c1-8-9-10-11-12-13-14-15-16-17-18-19-20-21(22(24)25-5)26-27(6,7)23(2,3)4/h21H,8-20H2,1-7H3. The van der Waals surface area contributed by atoms with Gasteiger partial charge < -0.3 is 9.16 Å². The van der Waals surface area contributed by atoms with Gasteiger partial charge in [-0.1, -0.05) is 105 Å². The Morgan fingerprint density at radius 2 is 1.22 bits per heavy atom. The van der Waals surface area contributed by atoms with E-state index in [4.69, 9.17) is 9.16 Å². The molecule has 1 atom stereocenters. The van der Waals surface area contributed by atoms with Gasteiger partial charge in [-0.15, -0.1) is 0 Å². The van der Waals surface area contributed by atoms with E-state index in [0.29, 0.717) is 0 Å². The third-order valence-corrected chi connectivity index (χ3v) is 10.5. The average Bonchev–Trinajstić information content (AvgIpc) is 2.59. The first kappa shape index (κ1) is 26.6. The highest BCUT2D eigenvalue weighted by Crippen LogP contribution is 2.38. The second-order valence-corrected chi connectivity index (χ2v) is 14.3. The van der Waals surface area contributed by atoms with Crippen molar-refractivity contribution >= 4 is 14.3 Å². The minimum Gasteiger partial charge on any atom is -0.467 e. The van der Waals surface area contributed by atoms with Crippen molar-refractivity contribution < 1.29 is 14.0 Å². The Morgan fingerprint density at radius 1 is 0.815 bits per heavy atom. The summed E-state index contributed by atoms with van der Waals surface area (Å²) in [6.07, 6.45) is 16.3. The molecule has 0 aliphatic heterocycles. The molecule has 27 heavy (non-hydrogen) atoms. The van der Waals surface area contributed by atoms with Crippen LogP contribution in [0.3, 0.4) is 0 Å². The van der Waals surface area contributed by atoms with Crippen molar-refractivity contribution in [2.24, 2.45) is 0 Å². The molecule has 4 heteroatoms. The first-order valence-electron chi connectivity index (χ1n) is 11.4. The zero-order valence-electron chi connectivity index (χ0n) is 19.5. The third kappa shape index (κ3) is 12.7. The summed E-state index contributed by atoms with van der Waals surface area (Å²) in [6, 6.07) is 0. The molecule has 0 spiro atoms. The minimum absolute atomic E-state index is 0.107. The summed E-state index contributed by atoms with van der Waals surface area (Å²) in [5.41, 5.74) is 0. The van der Waals surface area contributed by atoms with Crippen LogP contribution < -0.4 is 0 Å². The molecule has 0 amide bonds. The summed E-state index contributed by atoms with van der Waals surface area (Å²) in [5, 5.41) is 0.107. The molecule has 0 bridgehead atoms. The summed E-state index contributed by atoms with van der Waals surface area (Å²) in [4.78, 5) is 12.1. The Bertz CT molecular complexity index is 374. The van der Waals surface area contributed by atoms with Gasteiger partial charge in [0.15, 0.2) is 8.32 Å². The van der Waals surface area contributed by atoms with E-state index in [9.17, 15) is 4.79 Å². The number of rotatable bonds is 16. The lowest BCUT2D eigenvalue weighted by molar-refractivity contribution is -0.149. The number of carbonyl (C=O) groups excluding carboxylic acids is 1. The van der Waals surface area contributed by atoms with Gasteiger partial charge in [-0.3, -0.25) is 0 Å². The van der Waals surface area contributed by atoms with Gasteiger partial charge in [0.1, 0.15) is 6.10 Å². The number of hydrogen-bond acceptors (Lipinski definition) is 3. The largest absolute Gasteiger partial charge is 0.467 e. The molecule has 0 saturated carbocycles. The molecule has 3 nitrogen and oxygen atoms in total. The van der Waals surface area contributed by atoms with Crippen LogP contribution in [-0.4, -0.2) is 27.5 Å². The third-order valence-electron chi connectivity index (χ3n) is 6.03. The molecular formula is C23H48O3Si. The smallest absolute Gasteiger partial charge is 0.333 e. The number of unbranched alkanes of at least 4 members (excludes halogenated alkanes) is 11. The van der Waals surface area contributed by atoms with E-state index in [2.05, 4.69) is 40.8 Å². The lowest BCUT2D eigenvalue weighted by Gasteiger charge is -2.38. The van der Waals surface area contributed by atoms with Crippen LogP contribution in [0.25, 0.3) is 0 Å². The van der Waals surface area contributed by atoms with Crippen molar-refractivity contribution in [2.75, 3.05) is 7.11 Å². The zero-order valence-corrected chi connectivity index (χ0v) is 20.5. The van der Waals surface area contributed by atoms with Crippen LogP contribution in [0.15, 0.2) is 0 Å². The van der Waals surface area contributed by atoms with Crippen LogP contribution in [0.4, 0.5) is 0 Å². The van der Waals surface area contributed by atoms with Gasteiger partial charge in [0.05, 0.1) is 7.11 Å². The molecule has 162 valence electrons. The van der Waals surface area contributed by atoms with Crippen molar-refractivity contribution in [1.82, 2.24) is 0 Å². The number of hydrogen-bond donors (Lipinski definition) is 0. The fraction of sp³-hybridized carbons (Fsp3) is 0.957. The van der Waals surface area contributed by atoms with E-state index in [1.54, 1.807) is 0 Å². The summed E-state index contributed by atoms with van der Waals surface area (Å²) in [5.74, 6) is -0.206. The molecule has 0 saturated heterocycles. The molecule has 0 aliphatic rings. The molecule has 0 aromatic rings. The monoisotopic (exact) mass is 400 g/mol. The van der Waals surface area contributed by atoms with Gasteiger partial charge in [0.25, 0.3) is 0 Å². The molecule has 0 heterocycles. The lowest BCUT2D eigenvalue weighted by Crippen LogP contribution is -2.46. The van der Waals surface area contributed by atoms with Crippen molar-refractivity contribution in [1.29, 1.82) is 0 Å². The van der Waals surface area contributed by atoms with Gasteiger partial charge in [-0.25, -0.2) is 4.79 Å². The lowest BCUT2D eigenvalue weighted by atomic mass is 10.0. The molecule has 0 fully saturated rings. The molecule has 0 aromatic heterocycles. The highest BCUT2D eigenvalue weighted by atomic mass is 28.4. The fourth-order valence-electron chi connectivity index (χ4n) is 3.06. The number of esters is 1. The van der Waals surface area contributed by atoms with Crippen LogP contribution in [0.1, 0.15) is 111 Å². The van der Waals surface area contributed by atoms with Crippen molar-refractivity contribution in [3.63, 3.8) is 0 Å². The minimum atomic E-state index is -1.95. The Labute approximate surface area is 171 Å². The molecule has 0 rings (SSSR count). The van der Waals surface area contributed by atoms with Crippen molar-refractivity contribution in [2.45, 2.75) is 135 Å². The molecular weight excluding hydrogens is 352 g/mol. The number of carbonyl (C=O) groups is 1.